The van der Waals surface area contributed by atoms with Crippen molar-refractivity contribution in [3.63, 3.8) is 0 Å². The van der Waals surface area contributed by atoms with Gasteiger partial charge in [-0.3, -0.25) is 20.4 Å². The van der Waals surface area contributed by atoms with Crippen LogP contribution in [-0.4, -0.2) is 31.5 Å². The van der Waals surface area contributed by atoms with E-state index >= 15 is 0 Å². The van der Waals surface area contributed by atoms with Crippen molar-refractivity contribution in [2.75, 3.05) is 6.26 Å². The summed E-state index contributed by atoms with van der Waals surface area (Å²) in [4.78, 5) is 30.1. The van der Waals surface area contributed by atoms with E-state index in [1.165, 1.54) is 24.3 Å². The zero-order chi connectivity index (χ0) is 23.6. The highest BCUT2D eigenvalue weighted by Crippen LogP contribution is 2.26. The molecule has 9 heteroatoms. The molecule has 0 fully saturated rings. The Balaban J connectivity index is 1.58. The number of nitrogens with one attached hydrogen (secondary N) is 2. The maximum Gasteiger partial charge on any atom is 0.270 e. The number of halogens is 1. The fourth-order valence-electron chi connectivity index (χ4n) is 3.24. The topological polar surface area (TPSA) is 105 Å². The third kappa shape index (κ3) is 5.02. The third-order valence-electron chi connectivity index (χ3n) is 4.94. The van der Waals surface area contributed by atoms with Crippen molar-refractivity contribution in [2.24, 2.45) is 0 Å². The molecule has 166 valence electrons. The first-order valence-electron chi connectivity index (χ1n) is 9.79. The van der Waals surface area contributed by atoms with Crippen LogP contribution in [0, 0.1) is 0 Å². The van der Waals surface area contributed by atoms with Gasteiger partial charge in [-0.25, -0.2) is 13.4 Å². The average molecular weight is 480 g/mol. The molecule has 0 radical (unpaired) electrons. The number of hydrogen-bond donors (Lipinski definition) is 2. The van der Waals surface area contributed by atoms with Gasteiger partial charge in [-0.1, -0.05) is 41.9 Å². The molecular weight excluding hydrogens is 462 g/mol. The molecule has 0 saturated heterocycles. The van der Waals surface area contributed by atoms with E-state index in [1.807, 2.05) is 18.2 Å². The zero-order valence-electron chi connectivity index (χ0n) is 17.4. The monoisotopic (exact) mass is 479 g/mol. The molecule has 0 aliphatic carbocycles. The van der Waals surface area contributed by atoms with Crippen molar-refractivity contribution in [3.05, 3.63) is 95.0 Å². The lowest BCUT2D eigenvalue weighted by Crippen LogP contribution is -2.41. The number of carbonyl (C=O) groups is 2. The van der Waals surface area contributed by atoms with Crippen LogP contribution >= 0.6 is 11.6 Å². The number of carbonyl (C=O) groups excluding carboxylic acids is 2. The summed E-state index contributed by atoms with van der Waals surface area (Å²) in [5.41, 5.74) is 7.30. The fourth-order valence-corrected chi connectivity index (χ4v) is 3.99. The zero-order valence-corrected chi connectivity index (χ0v) is 18.9. The summed E-state index contributed by atoms with van der Waals surface area (Å²) in [5, 5.41) is 1.21. The molecule has 0 aliphatic rings. The SMILES string of the molecule is CS(=O)(=O)c1ccc(C(=O)NNC(=O)c2cc(-c3ccc(Cl)cc3)nc3ccccc23)cc1. The van der Waals surface area contributed by atoms with Gasteiger partial charge in [-0.05, 0) is 48.5 Å². The number of hydrogen-bond acceptors (Lipinski definition) is 5. The first-order chi connectivity index (χ1) is 15.7. The van der Waals surface area contributed by atoms with Crippen LogP contribution in [0.1, 0.15) is 20.7 Å². The van der Waals surface area contributed by atoms with Gasteiger partial charge in [0.15, 0.2) is 9.84 Å². The molecule has 33 heavy (non-hydrogen) atoms. The Bertz CT molecular complexity index is 1470. The smallest absolute Gasteiger partial charge is 0.267 e. The summed E-state index contributed by atoms with van der Waals surface area (Å²) in [6.07, 6.45) is 1.08. The van der Waals surface area contributed by atoms with Crippen LogP contribution in [0.5, 0.6) is 0 Å². The van der Waals surface area contributed by atoms with Crippen LogP contribution in [0.15, 0.2) is 83.8 Å². The van der Waals surface area contributed by atoms with Crippen LogP contribution in [0.4, 0.5) is 0 Å². The van der Waals surface area contributed by atoms with Crippen molar-refractivity contribution in [2.45, 2.75) is 4.90 Å². The number of amides is 2. The Kier molecular flexibility index (Phi) is 6.13. The lowest BCUT2D eigenvalue weighted by molar-refractivity contribution is 0.0847. The van der Waals surface area contributed by atoms with Crippen LogP contribution in [-0.2, 0) is 9.84 Å². The molecule has 2 N–H and O–H groups in total. The third-order valence-corrected chi connectivity index (χ3v) is 6.32. The largest absolute Gasteiger partial charge is 0.270 e. The highest BCUT2D eigenvalue weighted by molar-refractivity contribution is 7.90. The number of para-hydroxylation sites is 1. The normalized spacial score (nSPS) is 11.2. The van der Waals surface area contributed by atoms with Gasteiger partial charge in [0.1, 0.15) is 0 Å². The van der Waals surface area contributed by atoms with Gasteiger partial charge < -0.3 is 0 Å². The first kappa shape index (κ1) is 22.4. The van der Waals surface area contributed by atoms with E-state index in [0.29, 0.717) is 27.2 Å². The minimum absolute atomic E-state index is 0.0982. The van der Waals surface area contributed by atoms with Gasteiger partial charge in [0, 0.05) is 27.8 Å². The predicted molar refractivity (Wildman–Crippen MR) is 127 cm³/mol. The minimum Gasteiger partial charge on any atom is -0.267 e. The summed E-state index contributed by atoms with van der Waals surface area (Å²) >= 11 is 5.97. The molecule has 7 nitrogen and oxygen atoms in total. The van der Waals surface area contributed by atoms with E-state index in [1.54, 1.807) is 36.4 Å². The van der Waals surface area contributed by atoms with Crippen LogP contribution in [0.3, 0.4) is 0 Å². The molecule has 0 atom stereocenters. The molecule has 3 aromatic carbocycles. The van der Waals surface area contributed by atoms with E-state index in [0.717, 1.165) is 11.8 Å². The number of pyridine rings is 1. The minimum atomic E-state index is -3.37. The second-order valence-corrected chi connectivity index (χ2v) is 9.74. The Morgan fingerprint density at radius 3 is 2.15 bits per heavy atom. The number of benzene rings is 3. The lowest BCUT2D eigenvalue weighted by atomic mass is 10.0. The summed E-state index contributed by atoms with van der Waals surface area (Å²) in [5.74, 6) is -1.11. The van der Waals surface area contributed by atoms with Gasteiger partial charge in [0.25, 0.3) is 11.8 Å². The van der Waals surface area contributed by atoms with Gasteiger partial charge in [0.05, 0.1) is 21.7 Å². The van der Waals surface area contributed by atoms with Crippen LogP contribution in [0.2, 0.25) is 5.02 Å². The summed E-state index contributed by atoms with van der Waals surface area (Å²) in [6.45, 7) is 0. The van der Waals surface area contributed by atoms with Crippen molar-refractivity contribution >= 4 is 44.2 Å². The Hall–Kier alpha value is -3.75. The molecule has 0 unspecified atom stereocenters. The number of hydrazine groups is 1. The van der Waals surface area contributed by atoms with Crippen molar-refractivity contribution in [1.82, 2.24) is 15.8 Å². The highest BCUT2D eigenvalue weighted by Gasteiger charge is 2.16. The number of fused-ring (bicyclic) bond motifs is 1. The average Bonchev–Trinajstić information content (AvgIpc) is 2.81. The summed E-state index contributed by atoms with van der Waals surface area (Å²) < 4.78 is 23.1. The number of sulfone groups is 1. The second-order valence-electron chi connectivity index (χ2n) is 7.28. The Labute approximate surface area is 195 Å². The van der Waals surface area contributed by atoms with Crippen molar-refractivity contribution < 1.29 is 18.0 Å². The van der Waals surface area contributed by atoms with E-state index in [2.05, 4.69) is 15.8 Å². The first-order valence-corrected chi connectivity index (χ1v) is 12.1. The number of rotatable bonds is 4. The maximum atomic E-state index is 13.0. The quantitative estimate of drug-likeness (QED) is 0.430. The fraction of sp³-hybridized carbons (Fsp3) is 0.0417. The van der Waals surface area contributed by atoms with Crippen molar-refractivity contribution in [3.8, 4) is 11.3 Å². The Morgan fingerprint density at radius 1 is 0.848 bits per heavy atom. The van der Waals surface area contributed by atoms with Crippen molar-refractivity contribution in [1.29, 1.82) is 0 Å². The number of aromatic nitrogens is 1. The molecule has 1 aromatic heterocycles. The molecule has 4 rings (SSSR count). The lowest BCUT2D eigenvalue weighted by Gasteiger charge is -2.12. The van der Waals surface area contributed by atoms with Gasteiger partial charge in [-0.15, -0.1) is 0 Å². The molecule has 2 amide bonds. The van der Waals surface area contributed by atoms with E-state index in [-0.39, 0.29) is 10.5 Å². The molecule has 0 aliphatic heterocycles. The Morgan fingerprint density at radius 2 is 1.48 bits per heavy atom. The molecule has 1 heterocycles. The predicted octanol–water partition coefficient (Wildman–Crippen LogP) is 4.03. The van der Waals surface area contributed by atoms with Gasteiger partial charge >= 0.3 is 0 Å². The van der Waals surface area contributed by atoms with Crippen LogP contribution in [0.25, 0.3) is 22.2 Å². The second kappa shape index (κ2) is 9.01. The summed E-state index contributed by atoms with van der Waals surface area (Å²) in [7, 11) is -3.37. The van der Waals surface area contributed by atoms with E-state index in [4.69, 9.17) is 11.6 Å². The van der Waals surface area contributed by atoms with Crippen LogP contribution < -0.4 is 10.9 Å². The van der Waals surface area contributed by atoms with E-state index in [9.17, 15) is 18.0 Å². The molecule has 0 saturated carbocycles. The highest BCUT2D eigenvalue weighted by atomic mass is 35.5. The molecule has 4 aromatic rings. The molecule has 0 bridgehead atoms. The van der Waals surface area contributed by atoms with Gasteiger partial charge in [0.2, 0.25) is 0 Å². The standard InChI is InChI=1S/C24H18ClN3O4S/c1-33(31,32)18-12-8-16(9-13-18)23(29)27-28-24(30)20-14-22(15-6-10-17(25)11-7-15)26-21-5-3-2-4-19(20)21/h2-14H,1H3,(H,27,29)(H,28,30). The molecule has 0 spiro atoms. The molecular formula is C24H18ClN3O4S. The maximum absolute atomic E-state index is 13.0. The summed E-state index contributed by atoms with van der Waals surface area (Å²) in [6, 6.07) is 21.3. The van der Waals surface area contributed by atoms with E-state index < -0.39 is 21.7 Å². The number of nitrogens with zero attached hydrogens (tertiary/aromatic N) is 1. The van der Waals surface area contributed by atoms with Gasteiger partial charge in [-0.2, -0.15) is 0 Å².